The predicted octanol–water partition coefficient (Wildman–Crippen LogP) is 2.39. The Morgan fingerprint density at radius 2 is 1.85 bits per heavy atom. The van der Waals surface area contributed by atoms with Crippen LogP contribution in [0.15, 0.2) is 35.1 Å². The molecule has 170 valence electrons. The Morgan fingerprint density at radius 3 is 2.52 bits per heavy atom. The number of benzene rings is 2. The van der Waals surface area contributed by atoms with Crippen molar-refractivity contribution in [2.75, 3.05) is 26.6 Å². The van der Waals surface area contributed by atoms with E-state index in [1.54, 1.807) is 10.6 Å². The van der Waals surface area contributed by atoms with Gasteiger partial charge in [-0.15, -0.1) is 0 Å². The third kappa shape index (κ3) is 3.86. The van der Waals surface area contributed by atoms with E-state index in [9.17, 15) is 14.4 Å². The molecular formula is C23H21N3O7. The minimum absolute atomic E-state index is 0.214. The molecule has 33 heavy (non-hydrogen) atoms. The van der Waals surface area contributed by atoms with Gasteiger partial charge in [-0.1, -0.05) is 0 Å². The zero-order valence-electron chi connectivity index (χ0n) is 18.2. The van der Waals surface area contributed by atoms with Gasteiger partial charge in [-0.25, -0.2) is 9.78 Å². The topological polar surface area (TPSA) is 129 Å². The van der Waals surface area contributed by atoms with Crippen LogP contribution < -0.4 is 25.1 Å². The molecule has 0 spiro atoms. The monoisotopic (exact) mass is 451 g/mol. The summed E-state index contributed by atoms with van der Waals surface area (Å²) in [4.78, 5) is 40.0. The molecule has 1 aliphatic rings. The molecule has 1 aliphatic heterocycles. The summed E-state index contributed by atoms with van der Waals surface area (Å²) in [5, 5.41) is 11.4. The van der Waals surface area contributed by atoms with E-state index in [2.05, 4.69) is 10.3 Å². The summed E-state index contributed by atoms with van der Waals surface area (Å²) >= 11 is 0. The lowest BCUT2D eigenvalue weighted by atomic mass is 10.1. The molecule has 10 nitrogen and oxygen atoms in total. The van der Waals surface area contributed by atoms with Crippen LogP contribution in [0.1, 0.15) is 17.8 Å². The second kappa shape index (κ2) is 8.65. The second-order valence-electron chi connectivity index (χ2n) is 7.23. The smallest absolute Gasteiger partial charge is 0.394 e. The van der Waals surface area contributed by atoms with Crippen LogP contribution in [0.2, 0.25) is 0 Å². The number of hydrogen-bond acceptors (Lipinski definition) is 7. The fourth-order valence-corrected chi connectivity index (χ4v) is 3.84. The number of hydrogen-bond donors (Lipinski definition) is 2. The molecule has 0 atom stereocenters. The maximum absolute atomic E-state index is 13.0. The molecule has 0 bridgehead atoms. The first kappa shape index (κ1) is 21.9. The number of methoxy groups -OCH3 is 3. The summed E-state index contributed by atoms with van der Waals surface area (Å²) in [6, 6.07) is 8.06. The number of amides is 1. The maximum atomic E-state index is 13.0. The number of carbonyl (C=O) groups is 2. The minimum atomic E-state index is -1.61. The number of anilines is 1. The summed E-state index contributed by atoms with van der Waals surface area (Å²) < 4.78 is 17.9. The van der Waals surface area contributed by atoms with Gasteiger partial charge in [0.15, 0.2) is 11.5 Å². The zero-order chi connectivity index (χ0) is 23.7. The number of nitrogens with zero attached hydrogens (tertiary/aromatic N) is 2. The number of fused-ring (bicyclic) bond motifs is 2. The standard InChI is InChI=1S/C23H21N3O7/c1-31-17-7-4-12(18(32-2)19(17)33-3)10-13-8-9-26-20(13)25-16-11-14(24-21(27)23(29)30)5-6-15(16)22(26)28/h4-7,10-11H,8-9H2,1-3H3,(H,24,27)(H,29,30)/b13-10-. The van der Waals surface area contributed by atoms with Crippen LogP contribution in [0.25, 0.3) is 22.6 Å². The molecule has 0 fully saturated rings. The minimum Gasteiger partial charge on any atom is -0.493 e. The van der Waals surface area contributed by atoms with Crippen LogP contribution in [-0.2, 0) is 16.1 Å². The highest BCUT2D eigenvalue weighted by Gasteiger charge is 2.23. The number of aromatic nitrogens is 2. The Kier molecular flexibility index (Phi) is 5.74. The summed E-state index contributed by atoms with van der Waals surface area (Å²) in [5.41, 5.74) is 1.92. The molecule has 1 amide bonds. The number of carboxylic acids is 1. The van der Waals surface area contributed by atoms with Gasteiger partial charge >= 0.3 is 11.9 Å². The third-order valence-electron chi connectivity index (χ3n) is 5.36. The lowest BCUT2D eigenvalue weighted by Crippen LogP contribution is -2.23. The number of rotatable bonds is 5. The summed E-state index contributed by atoms with van der Waals surface area (Å²) in [6.45, 7) is 0.468. The normalized spacial score (nSPS) is 13.6. The van der Waals surface area contributed by atoms with E-state index in [1.165, 1.54) is 39.5 Å². The first-order chi connectivity index (χ1) is 15.9. The van der Waals surface area contributed by atoms with Crippen molar-refractivity contribution in [2.45, 2.75) is 13.0 Å². The lowest BCUT2D eigenvalue weighted by molar-refractivity contribution is -0.147. The SMILES string of the molecule is COc1ccc(/C=C2/CCn3c2nc2cc(NC(=O)C(=O)O)ccc2c3=O)c(OC)c1OC. The molecule has 0 radical (unpaired) electrons. The highest BCUT2D eigenvalue weighted by Crippen LogP contribution is 2.41. The number of nitrogens with one attached hydrogen (secondary N) is 1. The van der Waals surface area contributed by atoms with Gasteiger partial charge in [0.25, 0.3) is 5.56 Å². The lowest BCUT2D eigenvalue weighted by Gasteiger charge is -2.14. The molecular weight excluding hydrogens is 430 g/mol. The highest BCUT2D eigenvalue weighted by atomic mass is 16.5. The van der Waals surface area contributed by atoms with E-state index in [4.69, 9.17) is 19.3 Å². The van der Waals surface area contributed by atoms with Crippen molar-refractivity contribution in [1.82, 2.24) is 9.55 Å². The summed E-state index contributed by atoms with van der Waals surface area (Å²) in [5.74, 6) is -0.815. The molecule has 4 rings (SSSR count). The average Bonchev–Trinajstić information content (AvgIpc) is 3.21. The molecule has 0 saturated heterocycles. The number of aliphatic carboxylic acids is 1. The average molecular weight is 451 g/mol. The van der Waals surface area contributed by atoms with Gasteiger partial charge in [0.05, 0.1) is 32.2 Å². The van der Waals surface area contributed by atoms with Crippen LogP contribution in [0, 0.1) is 0 Å². The van der Waals surface area contributed by atoms with Crippen LogP contribution in [-0.4, -0.2) is 47.9 Å². The quantitative estimate of drug-likeness (QED) is 0.566. The maximum Gasteiger partial charge on any atom is 0.394 e. The first-order valence-electron chi connectivity index (χ1n) is 9.96. The van der Waals surface area contributed by atoms with Crippen molar-refractivity contribution in [3.05, 3.63) is 52.1 Å². The van der Waals surface area contributed by atoms with E-state index in [1.807, 2.05) is 12.1 Å². The molecule has 0 unspecified atom stereocenters. The van der Waals surface area contributed by atoms with E-state index in [0.29, 0.717) is 46.9 Å². The van der Waals surface area contributed by atoms with Gasteiger partial charge in [0.1, 0.15) is 5.82 Å². The molecule has 10 heteroatoms. The van der Waals surface area contributed by atoms with Gasteiger partial charge in [-0.05, 0) is 48.4 Å². The summed E-state index contributed by atoms with van der Waals surface area (Å²) in [7, 11) is 4.60. The Labute approximate surface area is 188 Å². The fourth-order valence-electron chi connectivity index (χ4n) is 3.84. The number of carboxylic acid groups (broad SMARTS) is 1. The summed E-state index contributed by atoms with van der Waals surface area (Å²) in [6.07, 6.45) is 2.46. The molecule has 0 saturated carbocycles. The number of carbonyl (C=O) groups excluding carboxylic acids is 1. The van der Waals surface area contributed by atoms with E-state index >= 15 is 0 Å². The van der Waals surface area contributed by atoms with E-state index < -0.39 is 11.9 Å². The third-order valence-corrected chi connectivity index (χ3v) is 5.36. The van der Waals surface area contributed by atoms with Crippen LogP contribution >= 0.6 is 0 Å². The largest absolute Gasteiger partial charge is 0.493 e. The van der Waals surface area contributed by atoms with Crippen molar-refractivity contribution in [3.63, 3.8) is 0 Å². The molecule has 3 aromatic rings. The van der Waals surface area contributed by atoms with Crippen molar-refractivity contribution in [3.8, 4) is 17.2 Å². The molecule has 2 N–H and O–H groups in total. The van der Waals surface area contributed by atoms with Crippen LogP contribution in [0.5, 0.6) is 17.2 Å². The Bertz CT molecular complexity index is 1370. The van der Waals surface area contributed by atoms with Crippen LogP contribution in [0.4, 0.5) is 5.69 Å². The highest BCUT2D eigenvalue weighted by molar-refractivity contribution is 6.36. The van der Waals surface area contributed by atoms with E-state index in [-0.39, 0.29) is 11.2 Å². The van der Waals surface area contributed by atoms with Crippen molar-refractivity contribution >= 4 is 40.1 Å². The van der Waals surface area contributed by atoms with Crippen molar-refractivity contribution in [1.29, 1.82) is 0 Å². The van der Waals surface area contributed by atoms with E-state index in [0.717, 1.165) is 11.1 Å². The first-order valence-corrected chi connectivity index (χ1v) is 9.96. The number of allylic oxidation sites excluding steroid dienone is 1. The zero-order valence-corrected chi connectivity index (χ0v) is 18.2. The Hall–Kier alpha value is -4.34. The van der Waals surface area contributed by atoms with Crippen molar-refractivity contribution in [2.24, 2.45) is 0 Å². The molecule has 0 aliphatic carbocycles. The Balaban J connectivity index is 1.82. The van der Waals surface area contributed by atoms with Gasteiger partial charge in [0, 0.05) is 17.8 Å². The van der Waals surface area contributed by atoms with Gasteiger partial charge in [-0.3, -0.25) is 14.2 Å². The van der Waals surface area contributed by atoms with Crippen molar-refractivity contribution < 1.29 is 28.9 Å². The molecule has 1 aromatic heterocycles. The van der Waals surface area contributed by atoms with Gasteiger partial charge in [-0.2, -0.15) is 0 Å². The molecule has 2 aromatic carbocycles. The van der Waals surface area contributed by atoms with Gasteiger partial charge < -0.3 is 24.6 Å². The molecule has 2 heterocycles. The van der Waals surface area contributed by atoms with Crippen LogP contribution in [0.3, 0.4) is 0 Å². The van der Waals surface area contributed by atoms with Gasteiger partial charge in [0.2, 0.25) is 5.75 Å². The number of ether oxygens (including phenoxy) is 3. The second-order valence-corrected chi connectivity index (χ2v) is 7.23. The fraction of sp³-hybridized carbons (Fsp3) is 0.217. The Morgan fingerprint density at radius 1 is 1.09 bits per heavy atom. The predicted molar refractivity (Wildman–Crippen MR) is 121 cm³/mol.